The van der Waals surface area contributed by atoms with Crippen LogP contribution in [0.15, 0.2) is 48.5 Å². The molecule has 4 heteroatoms. The van der Waals surface area contributed by atoms with Crippen molar-refractivity contribution in [2.75, 3.05) is 13.7 Å². The van der Waals surface area contributed by atoms with E-state index >= 15 is 0 Å². The van der Waals surface area contributed by atoms with Gasteiger partial charge in [0, 0.05) is 18.6 Å². The van der Waals surface area contributed by atoms with Crippen molar-refractivity contribution in [3.8, 4) is 5.75 Å². The summed E-state index contributed by atoms with van der Waals surface area (Å²) in [5, 5.41) is 7.18. The van der Waals surface area contributed by atoms with Gasteiger partial charge in [-0.05, 0) is 42.6 Å². The van der Waals surface area contributed by atoms with Crippen LogP contribution in [0.5, 0.6) is 5.75 Å². The van der Waals surface area contributed by atoms with E-state index in [-0.39, 0.29) is 11.6 Å². The molecule has 0 aliphatic carbocycles. The van der Waals surface area contributed by atoms with Gasteiger partial charge in [-0.15, -0.1) is 0 Å². The standard InChI is InChI=1S/C19H23FN2O/c1-23-18-10-9-14(12-16(18)20)13-22-17-8-5-11-21-19(17)15-6-3-2-4-7-15/h2-4,6-7,9-10,12,17,19,21-22H,5,8,11,13H2,1H3/t17-,19-/m1/s1. The molecule has 2 N–H and O–H groups in total. The van der Waals surface area contributed by atoms with E-state index in [0.29, 0.717) is 18.6 Å². The van der Waals surface area contributed by atoms with Crippen LogP contribution in [0, 0.1) is 5.82 Å². The molecule has 0 spiro atoms. The van der Waals surface area contributed by atoms with E-state index in [9.17, 15) is 4.39 Å². The molecular formula is C19H23FN2O. The molecule has 1 fully saturated rings. The number of ether oxygens (including phenoxy) is 1. The quantitative estimate of drug-likeness (QED) is 0.887. The van der Waals surface area contributed by atoms with Crippen LogP contribution in [-0.4, -0.2) is 19.7 Å². The van der Waals surface area contributed by atoms with E-state index in [1.807, 2.05) is 12.1 Å². The van der Waals surface area contributed by atoms with Gasteiger partial charge in [0.25, 0.3) is 0 Å². The summed E-state index contributed by atoms with van der Waals surface area (Å²) in [4.78, 5) is 0. The van der Waals surface area contributed by atoms with Gasteiger partial charge in [-0.25, -0.2) is 4.39 Å². The Balaban J connectivity index is 1.67. The number of hydrogen-bond acceptors (Lipinski definition) is 3. The Bertz CT molecular complexity index is 633. The average Bonchev–Trinajstić information content (AvgIpc) is 2.61. The first kappa shape index (κ1) is 16.0. The molecule has 122 valence electrons. The molecule has 2 aromatic carbocycles. The lowest BCUT2D eigenvalue weighted by atomic mass is 9.92. The minimum Gasteiger partial charge on any atom is -0.494 e. The summed E-state index contributed by atoms with van der Waals surface area (Å²) in [6, 6.07) is 16.3. The Morgan fingerprint density at radius 1 is 1.22 bits per heavy atom. The van der Waals surface area contributed by atoms with Crippen LogP contribution in [0.2, 0.25) is 0 Å². The number of halogens is 1. The van der Waals surface area contributed by atoms with E-state index in [1.165, 1.54) is 12.7 Å². The lowest BCUT2D eigenvalue weighted by Crippen LogP contribution is -2.45. The topological polar surface area (TPSA) is 33.3 Å². The van der Waals surface area contributed by atoms with Crippen molar-refractivity contribution >= 4 is 0 Å². The highest BCUT2D eigenvalue weighted by molar-refractivity contribution is 5.29. The van der Waals surface area contributed by atoms with E-state index in [1.54, 1.807) is 12.1 Å². The first-order valence-electron chi connectivity index (χ1n) is 8.12. The third kappa shape index (κ3) is 3.89. The Labute approximate surface area is 136 Å². The maximum Gasteiger partial charge on any atom is 0.165 e. The summed E-state index contributed by atoms with van der Waals surface area (Å²) >= 11 is 0. The first-order valence-corrected chi connectivity index (χ1v) is 8.12. The van der Waals surface area contributed by atoms with E-state index < -0.39 is 0 Å². The molecule has 2 atom stereocenters. The third-order valence-electron chi connectivity index (χ3n) is 4.40. The zero-order valence-corrected chi connectivity index (χ0v) is 13.4. The molecular weight excluding hydrogens is 291 g/mol. The highest BCUT2D eigenvalue weighted by Gasteiger charge is 2.25. The van der Waals surface area contributed by atoms with Crippen molar-refractivity contribution in [2.24, 2.45) is 0 Å². The average molecular weight is 314 g/mol. The zero-order chi connectivity index (χ0) is 16.1. The molecule has 0 aromatic heterocycles. The van der Waals surface area contributed by atoms with Gasteiger partial charge >= 0.3 is 0 Å². The van der Waals surface area contributed by atoms with Crippen molar-refractivity contribution < 1.29 is 9.13 Å². The first-order chi connectivity index (χ1) is 11.3. The molecule has 0 unspecified atom stereocenters. The molecule has 1 heterocycles. The molecule has 3 rings (SSSR count). The predicted molar refractivity (Wildman–Crippen MR) is 90.0 cm³/mol. The monoisotopic (exact) mass is 314 g/mol. The zero-order valence-electron chi connectivity index (χ0n) is 13.4. The fraction of sp³-hybridized carbons (Fsp3) is 0.368. The van der Waals surface area contributed by atoms with Crippen molar-refractivity contribution in [2.45, 2.75) is 31.5 Å². The predicted octanol–water partition coefficient (Wildman–Crippen LogP) is 3.42. The van der Waals surface area contributed by atoms with Crippen LogP contribution < -0.4 is 15.4 Å². The lowest BCUT2D eigenvalue weighted by molar-refractivity contribution is 0.304. The molecule has 1 aliphatic rings. The second-order valence-corrected chi connectivity index (χ2v) is 5.94. The Kier molecular flexibility index (Phi) is 5.26. The summed E-state index contributed by atoms with van der Waals surface area (Å²) < 4.78 is 18.8. The van der Waals surface area contributed by atoms with Crippen molar-refractivity contribution in [1.82, 2.24) is 10.6 Å². The summed E-state index contributed by atoms with van der Waals surface area (Å²) in [6.07, 6.45) is 2.27. The van der Waals surface area contributed by atoms with Crippen molar-refractivity contribution in [3.63, 3.8) is 0 Å². The summed E-state index contributed by atoms with van der Waals surface area (Å²) in [5.41, 5.74) is 2.23. The van der Waals surface area contributed by atoms with Gasteiger partial charge in [0.05, 0.1) is 7.11 Å². The van der Waals surface area contributed by atoms with Crippen LogP contribution in [0.3, 0.4) is 0 Å². The smallest absolute Gasteiger partial charge is 0.165 e. The SMILES string of the molecule is COc1ccc(CN[C@@H]2CCCN[C@@H]2c2ccccc2)cc1F. The maximum atomic E-state index is 13.8. The van der Waals surface area contributed by atoms with Crippen LogP contribution >= 0.6 is 0 Å². The highest BCUT2D eigenvalue weighted by atomic mass is 19.1. The second kappa shape index (κ2) is 7.57. The van der Waals surface area contributed by atoms with Gasteiger partial charge in [-0.1, -0.05) is 36.4 Å². The number of piperidine rings is 1. The number of benzene rings is 2. The number of methoxy groups -OCH3 is 1. The molecule has 0 saturated carbocycles. The molecule has 0 radical (unpaired) electrons. The Morgan fingerprint density at radius 2 is 2.04 bits per heavy atom. The summed E-state index contributed by atoms with van der Waals surface area (Å²) in [5.74, 6) is -0.0246. The minimum atomic E-state index is -0.312. The van der Waals surface area contributed by atoms with Crippen molar-refractivity contribution in [3.05, 3.63) is 65.5 Å². The second-order valence-electron chi connectivity index (χ2n) is 5.94. The van der Waals surface area contributed by atoms with Gasteiger partial charge in [0.2, 0.25) is 0 Å². The van der Waals surface area contributed by atoms with Crippen LogP contribution in [0.1, 0.15) is 30.0 Å². The van der Waals surface area contributed by atoms with E-state index in [0.717, 1.165) is 24.9 Å². The third-order valence-corrected chi connectivity index (χ3v) is 4.40. The number of nitrogens with one attached hydrogen (secondary N) is 2. The summed E-state index contributed by atoms with van der Waals surface area (Å²) in [6.45, 7) is 1.69. The largest absolute Gasteiger partial charge is 0.494 e. The minimum absolute atomic E-state index is 0.287. The molecule has 0 amide bonds. The summed E-state index contributed by atoms with van der Waals surface area (Å²) in [7, 11) is 1.48. The maximum absolute atomic E-state index is 13.8. The molecule has 2 aromatic rings. The van der Waals surface area contributed by atoms with E-state index in [2.05, 4.69) is 34.9 Å². The fourth-order valence-corrected chi connectivity index (χ4v) is 3.19. The fourth-order valence-electron chi connectivity index (χ4n) is 3.19. The van der Waals surface area contributed by atoms with Crippen LogP contribution in [-0.2, 0) is 6.54 Å². The lowest BCUT2D eigenvalue weighted by Gasteiger charge is -2.34. The number of rotatable bonds is 5. The molecule has 0 bridgehead atoms. The van der Waals surface area contributed by atoms with Gasteiger partial charge in [0.1, 0.15) is 0 Å². The Hall–Kier alpha value is -1.91. The van der Waals surface area contributed by atoms with Crippen LogP contribution in [0.4, 0.5) is 4.39 Å². The van der Waals surface area contributed by atoms with Gasteiger partial charge < -0.3 is 15.4 Å². The van der Waals surface area contributed by atoms with Gasteiger partial charge in [-0.3, -0.25) is 0 Å². The molecule has 23 heavy (non-hydrogen) atoms. The van der Waals surface area contributed by atoms with Crippen molar-refractivity contribution in [1.29, 1.82) is 0 Å². The Morgan fingerprint density at radius 3 is 2.78 bits per heavy atom. The van der Waals surface area contributed by atoms with E-state index in [4.69, 9.17) is 4.74 Å². The van der Waals surface area contributed by atoms with Gasteiger partial charge in [0.15, 0.2) is 11.6 Å². The van der Waals surface area contributed by atoms with Gasteiger partial charge in [-0.2, -0.15) is 0 Å². The molecule has 1 saturated heterocycles. The molecule has 1 aliphatic heterocycles. The van der Waals surface area contributed by atoms with Crippen LogP contribution in [0.25, 0.3) is 0 Å². The highest BCUT2D eigenvalue weighted by Crippen LogP contribution is 2.24. The molecule has 3 nitrogen and oxygen atoms in total. The number of hydrogen-bond donors (Lipinski definition) is 2. The normalized spacial score (nSPS) is 21.1.